The number of anilines is 6. The van der Waals surface area contributed by atoms with Crippen molar-refractivity contribution in [2.45, 2.75) is 0 Å². The number of aromatic nitrogens is 4. The third-order valence-corrected chi connectivity index (χ3v) is 17.6. The predicted molar refractivity (Wildman–Crippen MR) is 366 cm³/mol. The van der Waals surface area contributed by atoms with Crippen LogP contribution in [0.3, 0.4) is 0 Å². The second-order valence-corrected chi connectivity index (χ2v) is 22.7. The van der Waals surface area contributed by atoms with Crippen molar-refractivity contribution >= 4 is 79.0 Å². The molecule has 17 rings (SSSR count). The molecule has 0 saturated carbocycles. The van der Waals surface area contributed by atoms with E-state index >= 15 is 0 Å². The molecule has 0 N–H and O–H groups in total. The van der Waals surface area contributed by atoms with Gasteiger partial charge in [-0.2, -0.15) is 0 Å². The SMILES string of the molecule is c1ccc(-c2ccc3c(c2)c2cc(-c4ccccc4)ccc2n3-c2ccc(-c3nc(-c4ccccc4)nc(-c4ccccc4)n3)cc2-c2cccc(-c3ccc4c5c3N(c3ccccc3)c3ccccc3B5c3ccccc3N4c3ccccc3)c2)cc1. The Kier molecular flexibility index (Phi) is 12.2. The summed E-state index contributed by atoms with van der Waals surface area (Å²) in [6, 6.07) is 116. The smallest absolute Gasteiger partial charge is 0.252 e. The fraction of sp³-hybridized carbons (Fsp3) is 0. The molecule has 2 aliphatic heterocycles. The van der Waals surface area contributed by atoms with E-state index in [-0.39, 0.29) is 6.71 Å². The summed E-state index contributed by atoms with van der Waals surface area (Å²) in [6.45, 7) is -0.0363. The van der Waals surface area contributed by atoms with E-state index in [1.807, 2.05) is 36.4 Å². The molecule has 13 aromatic carbocycles. The topological polar surface area (TPSA) is 50.1 Å². The minimum atomic E-state index is -0.0363. The first-order valence-corrected chi connectivity index (χ1v) is 30.0. The van der Waals surface area contributed by atoms with Gasteiger partial charge in [-0.1, -0.05) is 231 Å². The van der Waals surface area contributed by atoms with Gasteiger partial charge in [0.15, 0.2) is 17.5 Å². The third kappa shape index (κ3) is 8.54. The molecule has 0 atom stereocenters. The van der Waals surface area contributed by atoms with Crippen LogP contribution in [0.25, 0.3) is 106 Å². The van der Waals surface area contributed by atoms with E-state index in [0.29, 0.717) is 17.5 Å². The van der Waals surface area contributed by atoms with Crippen molar-refractivity contribution in [3.8, 4) is 84.4 Å². The van der Waals surface area contributed by atoms with Gasteiger partial charge in [-0.3, -0.25) is 0 Å². The van der Waals surface area contributed by atoms with E-state index in [0.717, 1.165) is 95.2 Å². The average Bonchev–Trinajstić information content (AvgIpc) is 0.945. The lowest BCUT2D eigenvalue weighted by Crippen LogP contribution is -2.61. The minimum absolute atomic E-state index is 0.0363. The van der Waals surface area contributed by atoms with E-state index in [2.05, 4.69) is 299 Å². The summed E-state index contributed by atoms with van der Waals surface area (Å²) in [6.07, 6.45) is 0. The number of hydrogen-bond donors (Lipinski definition) is 0. The number of rotatable bonds is 10. The molecule has 7 heteroatoms. The molecule has 0 spiro atoms. The summed E-state index contributed by atoms with van der Waals surface area (Å²) >= 11 is 0. The van der Waals surface area contributed by atoms with Crippen LogP contribution in [0, 0.1) is 0 Å². The van der Waals surface area contributed by atoms with Crippen LogP contribution in [-0.2, 0) is 0 Å². The second kappa shape index (κ2) is 21.1. The summed E-state index contributed by atoms with van der Waals surface area (Å²) in [5, 5.41) is 2.34. The Morgan fingerprint density at radius 2 is 0.659 bits per heavy atom. The summed E-state index contributed by atoms with van der Waals surface area (Å²) in [5.74, 6) is 1.81. The fourth-order valence-electron chi connectivity index (χ4n) is 13.6. The number of nitrogens with zero attached hydrogens (tertiary/aromatic N) is 6. The third-order valence-electron chi connectivity index (χ3n) is 17.6. The molecule has 0 amide bonds. The predicted octanol–water partition coefficient (Wildman–Crippen LogP) is 18.7. The highest BCUT2D eigenvalue weighted by Gasteiger charge is 2.44. The zero-order valence-corrected chi connectivity index (χ0v) is 47.9. The molecule has 2 aromatic heterocycles. The van der Waals surface area contributed by atoms with Crippen LogP contribution in [0.15, 0.2) is 322 Å². The van der Waals surface area contributed by atoms with Crippen LogP contribution in [0.4, 0.5) is 34.1 Å². The standard InChI is InChI=1S/C81H53BN6/c1-7-24-54(25-8-1)58-42-46-72-67(51-58)68-52-59(55-26-9-2-10-27-55)43-47-73(68)88(72)71-48-44-62(81-84-79(56-28-11-3-12-29-56)83-80(85-81)57-30-13-4-14-31-57)53-66(71)61-33-23-32-60(50-61)65-45-49-76-77-78(65)87(64-36-17-6-18-37-64)75-41-22-20-39-70(75)82(77)69-38-19-21-40-74(69)86(76)63-34-15-5-16-35-63/h1-53H. The van der Waals surface area contributed by atoms with Gasteiger partial charge in [0, 0.05) is 67.0 Å². The van der Waals surface area contributed by atoms with Gasteiger partial charge in [-0.15, -0.1) is 0 Å². The summed E-state index contributed by atoms with van der Waals surface area (Å²) in [5.41, 5.74) is 25.6. The normalized spacial score (nSPS) is 12.2. The lowest BCUT2D eigenvalue weighted by atomic mass is 9.33. The van der Waals surface area contributed by atoms with E-state index in [9.17, 15) is 0 Å². The molecule has 88 heavy (non-hydrogen) atoms. The van der Waals surface area contributed by atoms with Crippen molar-refractivity contribution in [1.29, 1.82) is 0 Å². The van der Waals surface area contributed by atoms with Crippen LogP contribution < -0.4 is 26.2 Å². The molecule has 0 radical (unpaired) electrons. The molecule has 0 bridgehead atoms. The van der Waals surface area contributed by atoms with Crippen molar-refractivity contribution in [1.82, 2.24) is 19.5 Å². The number of benzene rings is 13. The number of fused-ring (bicyclic) bond motifs is 7. The molecule has 0 aliphatic carbocycles. The van der Waals surface area contributed by atoms with E-state index < -0.39 is 0 Å². The molecule has 0 saturated heterocycles. The van der Waals surface area contributed by atoms with Gasteiger partial charge in [0.25, 0.3) is 6.71 Å². The molecule has 4 heterocycles. The van der Waals surface area contributed by atoms with Crippen molar-refractivity contribution in [2.75, 3.05) is 9.80 Å². The Balaban J connectivity index is 0.928. The highest BCUT2D eigenvalue weighted by atomic mass is 15.2. The van der Waals surface area contributed by atoms with Crippen molar-refractivity contribution in [3.63, 3.8) is 0 Å². The molecule has 0 fully saturated rings. The van der Waals surface area contributed by atoms with Gasteiger partial charge in [0.1, 0.15) is 0 Å². The summed E-state index contributed by atoms with van der Waals surface area (Å²) in [7, 11) is 0. The molecule has 0 unspecified atom stereocenters. The zero-order chi connectivity index (χ0) is 58.1. The lowest BCUT2D eigenvalue weighted by molar-refractivity contribution is 1.07. The minimum Gasteiger partial charge on any atom is -0.311 e. The van der Waals surface area contributed by atoms with Crippen LogP contribution in [0.5, 0.6) is 0 Å². The fourth-order valence-corrected chi connectivity index (χ4v) is 13.6. The number of hydrogen-bond acceptors (Lipinski definition) is 5. The van der Waals surface area contributed by atoms with Gasteiger partial charge in [0.05, 0.1) is 22.4 Å². The Labute approximate surface area is 511 Å². The van der Waals surface area contributed by atoms with Crippen molar-refractivity contribution in [3.05, 3.63) is 322 Å². The van der Waals surface area contributed by atoms with Gasteiger partial charge in [-0.25, -0.2) is 15.0 Å². The van der Waals surface area contributed by atoms with Gasteiger partial charge in [-0.05, 0) is 141 Å². The van der Waals surface area contributed by atoms with E-state index in [4.69, 9.17) is 15.0 Å². The number of para-hydroxylation sites is 4. The van der Waals surface area contributed by atoms with E-state index in [1.54, 1.807) is 0 Å². The van der Waals surface area contributed by atoms with Gasteiger partial charge >= 0.3 is 0 Å². The monoisotopic (exact) mass is 1120 g/mol. The van der Waals surface area contributed by atoms with E-state index in [1.165, 1.54) is 44.0 Å². The molecule has 6 nitrogen and oxygen atoms in total. The maximum atomic E-state index is 5.31. The van der Waals surface area contributed by atoms with Gasteiger partial charge < -0.3 is 14.4 Å². The average molecular weight is 1120 g/mol. The molecule has 410 valence electrons. The van der Waals surface area contributed by atoms with Gasteiger partial charge in [0.2, 0.25) is 0 Å². The Hall–Kier alpha value is -11.7. The quantitative estimate of drug-likeness (QED) is 0.128. The Morgan fingerprint density at radius 1 is 0.250 bits per heavy atom. The van der Waals surface area contributed by atoms with Crippen LogP contribution in [-0.4, -0.2) is 26.2 Å². The maximum absolute atomic E-state index is 5.31. The highest BCUT2D eigenvalue weighted by molar-refractivity contribution is 7.00. The molecular weight excluding hydrogens is 1070 g/mol. The highest BCUT2D eigenvalue weighted by Crippen LogP contribution is 2.49. The summed E-state index contributed by atoms with van der Waals surface area (Å²) in [4.78, 5) is 20.7. The molecule has 15 aromatic rings. The van der Waals surface area contributed by atoms with Crippen LogP contribution >= 0.6 is 0 Å². The maximum Gasteiger partial charge on any atom is 0.252 e. The largest absolute Gasteiger partial charge is 0.311 e. The van der Waals surface area contributed by atoms with Crippen LogP contribution in [0.1, 0.15) is 0 Å². The molecular formula is C81H53BN6. The van der Waals surface area contributed by atoms with Crippen molar-refractivity contribution in [2.24, 2.45) is 0 Å². The Bertz CT molecular complexity index is 4990. The molecule has 2 aliphatic rings. The first kappa shape index (κ1) is 50.8. The first-order valence-electron chi connectivity index (χ1n) is 30.0. The summed E-state index contributed by atoms with van der Waals surface area (Å²) < 4.78 is 2.47. The van der Waals surface area contributed by atoms with Crippen LogP contribution in [0.2, 0.25) is 0 Å². The zero-order valence-electron chi connectivity index (χ0n) is 47.9. The second-order valence-electron chi connectivity index (χ2n) is 22.7. The Morgan fingerprint density at radius 3 is 1.19 bits per heavy atom. The van der Waals surface area contributed by atoms with Crippen molar-refractivity contribution < 1.29 is 0 Å². The first-order chi connectivity index (χ1) is 43.7. The lowest BCUT2D eigenvalue weighted by Gasteiger charge is -2.45.